The van der Waals surface area contributed by atoms with Crippen LogP contribution in [0.2, 0.25) is 0 Å². The first-order chi connectivity index (χ1) is 11.0. The Kier molecular flexibility index (Phi) is 8.08. The highest BCUT2D eigenvalue weighted by molar-refractivity contribution is 7.89. The number of sulfonamides is 1. The molecular weight excluding hydrogens is 357 g/mol. The lowest BCUT2D eigenvalue weighted by molar-refractivity contribution is -0.134. The SMILES string of the molecule is Cl.NCC1CCCCN1C(=O)CCNS(=O)(=O)c1ccccc1F. The molecule has 24 heavy (non-hydrogen) atoms. The summed E-state index contributed by atoms with van der Waals surface area (Å²) in [6, 6.07) is 5.16. The molecule has 1 heterocycles. The van der Waals surface area contributed by atoms with Crippen molar-refractivity contribution in [2.45, 2.75) is 36.6 Å². The van der Waals surface area contributed by atoms with E-state index in [1.165, 1.54) is 18.2 Å². The monoisotopic (exact) mass is 379 g/mol. The van der Waals surface area contributed by atoms with Crippen LogP contribution in [0.5, 0.6) is 0 Å². The van der Waals surface area contributed by atoms with Crippen LogP contribution in [-0.4, -0.2) is 44.9 Å². The van der Waals surface area contributed by atoms with Gasteiger partial charge in [-0.15, -0.1) is 12.4 Å². The molecule has 3 N–H and O–H groups in total. The summed E-state index contributed by atoms with van der Waals surface area (Å²) in [6.45, 7) is 0.997. The molecule has 1 unspecified atom stereocenters. The zero-order valence-corrected chi connectivity index (χ0v) is 14.9. The summed E-state index contributed by atoms with van der Waals surface area (Å²) in [5, 5.41) is 0. The molecule has 6 nitrogen and oxygen atoms in total. The third-order valence-corrected chi connectivity index (χ3v) is 5.47. The first-order valence-corrected chi connectivity index (χ1v) is 9.18. The minimum absolute atomic E-state index is 0. The average Bonchev–Trinajstić information content (AvgIpc) is 2.54. The maximum absolute atomic E-state index is 13.6. The number of nitrogens with two attached hydrogens (primary N) is 1. The van der Waals surface area contributed by atoms with Crippen molar-refractivity contribution in [2.24, 2.45) is 5.73 Å². The van der Waals surface area contributed by atoms with Crippen molar-refractivity contribution in [1.29, 1.82) is 0 Å². The van der Waals surface area contributed by atoms with E-state index in [4.69, 9.17) is 5.73 Å². The predicted octanol–water partition coefficient (Wildman–Crippen LogP) is 1.26. The third-order valence-electron chi connectivity index (χ3n) is 3.98. The first kappa shape index (κ1) is 20.8. The van der Waals surface area contributed by atoms with Gasteiger partial charge in [-0.3, -0.25) is 4.79 Å². The molecule has 9 heteroatoms. The summed E-state index contributed by atoms with van der Waals surface area (Å²) >= 11 is 0. The quantitative estimate of drug-likeness (QED) is 0.778. The van der Waals surface area contributed by atoms with Gasteiger partial charge in [-0.05, 0) is 31.4 Å². The maximum atomic E-state index is 13.6. The van der Waals surface area contributed by atoms with E-state index in [0.717, 1.165) is 25.3 Å². The third kappa shape index (κ3) is 5.14. The van der Waals surface area contributed by atoms with Crippen LogP contribution in [-0.2, 0) is 14.8 Å². The summed E-state index contributed by atoms with van der Waals surface area (Å²) < 4.78 is 39.9. The lowest BCUT2D eigenvalue weighted by Gasteiger charge is -2.35. The molecule has 1 amide bonds. The minimum atomic E-state index is -3.96. The van der Waals surface area contributed by atoms with Gasteiger partial charge in [0.1, 0.15) is 10.7 Å². The van der Waals surface area contributed by atoms with Crippen LogP contribution in [0.25, 0.3) is 0 Å². The predicted molar refractivity (Wildman–Crippen MR) is 91.9 cm³/mol. The number of benzene rings is 1. The zero-order valence-electron chi connectivity index (χ0n) is 13.3. The number of carbonyl (C=O) groups is 1. The van der Waals surface area contributed by atoms with Crippen molar-refractivity contribution in [2.75, 3.05) is 19.6 Å². The number of halogens is 2. The van der Waals surface area contributed by atoms with E-state index in [1.807, 2.05) is 0 Å². The zero-order chi connectivity index (χ0) is 16.9. The lowest BCUT2D eigenvalue weighted by atomic mass is 10.0. The number of nitrogens with one attached hydrogen (secondary N) is 1. The minimum Gasteiger partial charge on any atom is -0.338 e. The molecule has 136 valence electrons. The normalized spacial score (nSPS) is 18.1. The van der Waals surface area contributed by atoms with Crippen LogP contribution < -0.4 is 10.5 Å². The maximum Gasteiger partial charge on any atom is 0.243 e. The first-order valence-electron chi connectivity index (χ1n) is 7.69. The average molecular weight is 380 g/mol. The molecule has 1 aliphatic heterocycles. The number of piperidine rings is 1. The molecule has 0 bridgehead atoms. The number of hydrogen-bond donors (Lipinski definition) is 2. The summed E-state index contributed by atoms with van der Waals surface area (Å²) in [4.78, 5) is 13.5. The summed E-state index contributed by atoms with van der Waals surface area (Å²) in [5.74, 6) is -0.943. The largest absolute Gasteiger partial charge is 0.338 e. The Labute approximate surface area is 148 Å². The van der Waals surface area contributed by atoms with Gasteiger partial charge in [0, 0.05) is 32.1 Å². The van der Waals surface area contributed by atoms with E-state index in [1.54, 1.807) is 4.90 Å². The molecule has 0 saturated carbocycles. The van der Waals surface area contributed by atoms with E-state index < -0.39 is 20.7 Å². The van der Waals surface area contributed by atoms with Gasteiger partial charge in [0.2, 0.25) is 15.9 Å². The van der Waals surface area contributed by atoms with Crippen LogP contribution in [0.4, 0.5) is 4.39 Å². The van der Waals surface area contributed by atoms with Crippen molar-refractivity contribution in [3.05, 3.63) is 30.1 Å². The molecule has 1 aromatic rings. The highest BCUT2D eigenvalue weighted by Crippen LogP contribution is 2.17. The molecule has 1 atom stereocenters. The van der Waals surface area contributed by atoms with Gasteiger partial charge in [0.05, 0.1) is 0 Å². The van der Waals surface area contributed by atoms with Gasteiger partial charge in [-0.1, -0.05) is 12.1 Å². The molecule has 0 spiro atoms. The Balaban J connectivity index is 0.00000288. The Morgan fingerprint density at radius 2 is 2.04 bits per heavy atom. The molecule has 1 aromatic carbocycles. The highest BCUT2D eigenvalue weighted by atomic mass is 35.5. The second kappa shape index (κ2) is 9.31. The second-order valence-corrected chi connectivity index (χ2v) is 7.29. The van der Waals surface area contributed by atoms with E-state index in [2.05, 4.69) is 4.72 Å². The van der Waals surface area contributed by atoms with Crippen LogP contribution in [0.3, 0.4) is 0 Å². The molecular formula is C15H23ClFN3O3S. The number of hydrogen-bond acceptors (Lipinski definition) is 4. The molecule has 2 rings (SSSR count). The van der Waals surface area contributed by atoms with Gasteiger partial charge in [0.15, 0.2) is 0 Å². The Morgan fingerprint density at radius 1 is 1.33 bits per heavy atom. The molecule has 0 radical (unpaired) electrons. The van der Waals surface area contributed by atoms with Gasteiger partial charge >= 0.3 is 0 Å². The van der Waals surface area contributed by atoms with Crippen LogP contribution in [0.15, 0.2) is 29.2 Å². The van der Waals surface area contributed by atoms with Gasteiger partial charge < -0.3 is 10.6 Å². The summed E-state index contributed by atoms with van der Waals surface area (Å²) in [6.07, 6.45) is 2.89. The fourth-order valence-electron chi connectivity index (χ4n) is 2.75. The van der Waals surface area contributed by atoms with E-state index in [9.17, 15) is 17.6 Å². The summed E-state index contributed by atoms with van der Waals surface area (Å²) in [5.41, 5.74) is 5.67. The molecule has 1 aliphatic rings. The van der Waals surface area contributed by atoms with Crippen molar-refractivity contribution < 1.29 is 17.6 Å². The molecule has 0 aliphatic carbocycles. The Hall–Kier alpha value is -1.22. The van der Waals surface area contributed by atoms with Crippen molar-refractivity contribution >= 4 is 28.3 Å². The van der Waals surface area contributed by atoms with E-state index >= 15 is 0 Å². The van der Waals surface area contributed by atoms with E-state index in [-0.39, 0.29) is 37.3 Å². The smallest absolute Gasteiger partial charge is 0.243 e. The molecule has 1 fully saturated rings. The van der Waals surface area contributed by atoms with Crippen molar-refractivity contribution in [3.63, 3.8) is 0 Å². The molecule has 1 saturated heterocycles. The second-order valence-electron chi connectivity index (χ2n) is 5.55. The number of carbonyl (C=O) groups excluding carboxylic acids is 1. The van der Waals surface area contributed by atoms with Crippen molar-refractivity contribution in [1.82, 2.24) is 9.62 Å². The standard InChI is InChI=1S/C15H22FN3O3S.ClH/c16-13-6-1-2-7-14(13)23(21,22)18-9-8-15(20)19-10-4-3-5-12(19)11-17;/h1-2,6-7,12,18H,3-5,8-11,17H2;1H. The number of rotatable bonds is 6. The van der Waals surface area contributed by atoms with Crippen LogP contribution >= 0.6 is 12.4 Å². The van der Waals surface area contributed by atoms with Crippen LogP contribution in [0, 0.1) is 5.82 Å². The lowest BCUT2D eigenvalue weighted by Crippen LogP contribution is -2.48. The molecule has 0 aromatic heterocycles. The highest BCUT2D eigenvalue weighted by Gasteiger charge is 2.25. The Morgan fingerprint density at radius 3 is 2.71 bits per heavy atom. The number of amides is 1. The summed E-state index contributed by atoms with van der Waals surface area (Å²) in [7, 11) is -3.96. The van der Waals surface area contributed by atoms with Gasteiger partial charge in [0.25, 0.3) is 0 Å². The van der Waals surface area contributed by atoms with Gasteiger partial charge in [-0.25, -0.2) is 17.5 Å². The topological polar surface area (TPSA) is 92.5 Å². The van der Waals surface area contributed by atoms with E-state index in [0.29, 0.717) is 13.1 Å². The number of nitrogens with zero attached hydrogens (tertiary/aromatic N) is 1. The van der Waals surface area contributed by atoms with Crippen LogP contribution in [0.1, 0.15) is 25.7 Å². The number of likely N-dealkylation sites (tertiary alicyclic amines) is 1. The van der Waals surface area contributed by atoms with Gasteiger partial charge in [-0.2, -0.15) is 0 Å². The Bertz CT molecular complexity index is 657. The fourth-order valence-corrected chi connectivity index (χ4v) is 3.86. The van der Waals surface area contributed by atoms with Crippen molar-refractivity contribution in [3.8, 4) is 0 Å². The fraction of sp³-hybridized carbons (Fsp3) is 0.533.